The van der Waals surface area contributed by atoms with Gasteiger partial charge in [-0.2, -0.15) is 0 Å². The number of nitrogens with zero attached hydrogens (tertiary/aromatic N) is 1. The molecular formula is C14H16BrNO3S2. The predicted octanol–water partition coefficient (Wildman–Crippen LogP) is 3.14. The highest BCUT2D eigenvalue weighted by atomic mass is 79.9. The molecule has 7 heteroatoms. The quantitative estimate of drug-likeness (QED) is 0.801. The Morgan fingerprint density at radius 2 is 2.14 bits per heavy atom. The maximum Gasteiger partial charge on any atom is 0.327 e. The summed E-state index contributed by atoms with van der Waals surface area (Å²) in [4.78, 5) is 25.8. The second kappa shape index (κ2) is 7.07. The van der Waals surface area contributed by atoms with Gasteiger partial charge in [0.05, 0.1) is 11.6 Å². The normalized spacial score (nSPS) is 18.0. The molecule has 0 bridgehead atoms. The van der Waals surface area contributed by atoms with Crippen LogP contribution in [0.1, 0.15) is 11.1 Å². The average molecular weight is 390 g/mol. The van der Waals surface area contributed by atoms with Gasteiger partial charge in [-0.25, -0.2) is 4.79 Å². The van der Waals surface area contributed by atoms with Gasteiger partial charge in [-0.1, -0.05) is 15.9 Å². The van der Waals surface area contributed by atoms with Crippen molar-refractivity contribution in [1.29, 1.82) is 0 Å². The van der Waals surface area contributed by atoms with E-state index in [0.717, 1.165) is 20.5 Å². The van der Waals surface area contributed by atoms with Crippen molar-refractivity contribution < 1.29 is 14.7 Å². The summed E-state index contributed by atoms with van der Waals surface area (Å²) in [6.07, 6.45) is 0. The van der Waals surface area contributed by atoms with Crippen molar-refractivity contribution in [1.82, 2.24) is 4.90 Å². The third-order valence-corrected chi connectivity index (χ3v) is 6.30. The van der Waals surface area contributed by atoms with Crippen LogP contribution in [-0.2, 0) is 9.59 Å². The summed E-state index contributed by atoms with van der Waals surface area (Å²) in [5, 5.41) is 9.11. The second-order valence-corrected chi connectivity index (χ2v) is 7.74. The molecule has 0 saturated carbocycles. The molecule has 1 amide bonds. The summed E-state index contributed by atoms with van der Waals surface area (Å²) in [5.74, 6) is 0.176. The van der Waals surface area contributed by atoms with Crippen molar-refractivity contribution in [3.63, 3.8) is 0 Å². The van der Waals surface area contributed by atoms with Crippen molar-refractivity contribution >= 4 is 51.3 Å². The Bertz CT molecular complexity index is 580. The molecule has 2 rings (SSSR count). The van der Waals surface area contributed by atoms with Crippen molar-refractivity contribution in [3.8, 4) is 0 Å². The molecule has 0 radical (unpaired) electrons. The molecule has 1 aromatic carbocycles. The van der Waals surface area contributed by atoms with Gasteiger partial charge in [0, 0.05) is 15.1 Å². The van der Waals surface area contributed by atoms with E-state index in [0.29, 0.717) is 11.6 Å². The van der Waals surface area contributed by atoms with Crippen molar-refractivity contribution in [2.24, 2.45) is 0 Å². The number of hydrogen-bond acceptors (Lipinski definition) is 4. The van der Waals surface area contributed by atoms with Crippen molar-refractivity contribution in [2.75, 3.05) is 17.4 Å². The van der Waals surface area contributed by atoms with Gasteiger partial charge >= 0.3 is 5.97 Å². The molecule has 0 aliphatic carbocycles. The number of aryl methyl sites for hydroxylation is 2. The topological polar surface area (TPSA) is 57.6 Å². The van der Waals surface area contributed by atoms with Gasteiger partial charge in [0.25, 0.3) is 0 Å². The Balaban J connectivity index is 2.01. The molecule has 114 valence electrons. The molecule has 1 atom stereocenters. The fraction of sp³-hybridized carbons (Fsp3) is 0.429. The molecule has 4 nitrogen and oxygen atoms in total. The largest absolute Gasteiger partial charge is 0.480 e. The maximum atomic E-state index is 12.2. The van der Waals surface area contributed by atoms with Crippen LogP contribution in [0.2, 0.25) is 0 Å². The molecule has 21 heavy (non-hydrogen) atoms. The van der Waals surface area contributed by atoms with E-state index >= 15 is 0 Å². The summed E-state index contributed by atoms with van der Waals surface area (Å²) in [5.41, 5.74) is 2.23. The smallest absolute Gasteiger partial charge is 0.327 e. The Hall–Kier alpha value is -0.660. The highest BCUT2D eigenvalue weighted by Crippen LogP contribution is 2.29. The number of halogens is 1. The zero-order valence-corrected chi connectivity index (χ0v) is 15.0. The summed E-state index contributed by atoms with van der Waals surface area (Å²) in [6, 6.07) is 3.40. The molecular weight excluding hydrogens is 374 g/mol. The summed E-state index contributed by atoms with van der Waals surface area (Å²) < 4.78 is 1.05. The molecule has 1 saturated heterocycles. The monoisotopic (exact) mass is 389 g/mol. The Morgan fingerprint density at radius 1 is 1.43 bits per heavy atom. The zero-order valence-electron chi connectivity index (χ0n) is 11.8. The van der Waals surface area contributed by atoms with E-state index in [-0.39, 0.29) is 11.7 Å². The molecule has 1 heterocycles. The van der Waals surface area contributed by atoms with E-state index in [1.165, 1.54) is 28.4 Å². The lowest BCUT2D eigenvalue weighted by Crippen LogP contribution is -2.42. The first kappa shape index (κ1) is 16.7. The van der Waals surface area contributed by atoms with Crippen molar-refractivity contribution in [3.05, 3.63) is 27.7 Å². The molecule has 1 N–H and O–H groups in total. The molecule has 0 aromatic heterocycles. The number of carbonyl (C=O) groups excluding carboxylic acids is 1. The van der Waals surface area contributed by atoms with Crippen LogP contribution in [-0.4, -0.2) is 45.3 Å². The standard InChI is InChI=1S/C14H16BrNO3S2/c1-8-4-12(9(2)3-10(8)15)21-6-13(17)16-7-20-5-11(16)14(18)19/h3-4,11H,5-7H2,1-2H3,(H,18,19). The lowest BCUT2D eigenvalue weighted by Gasteiger charge is -2.20. The van der Waals surface area contributed by atoms with Crippen LogP contribution < -0.4 is 0 Å². The Morgan fingerprint density at radius 3 is 2.81 bits per heavy atom. The van der Waals surface area contributed by atoms with Gasteiger partial charge in [0.15, 0.2) is 0 Å². The number of benzene rings is 1. The van der Waals surface area contributed by atoms with Crippen LogP contribution in [0.5, 0.6) is 0 Å². The van der Waals surface area contributed by atoms with E-state index in [1.807, 2.05) is 26.0 Å². The molecule has 1 unspecified atom stereocenters. The minimum absolute atomic E-state index is 0.114. The van der Waals surface area contributed by atoms with Crippen LogP contribution >= 0.6 is 39.5 Å². The lowest BCUT2D eigenvalue weighted by atomic mass is 10.2. The van der Waals surface area contributed by atoms with E-state index < -0.39 is 12.0 Å². The van der Waals surface area contributed by atoms with Gasteiger partial charge in [-0.15, -0.1) is 23.5 Å². The fourth-order valence-electron chi connectivity index (χ4n) is 2.03. The molecule has 1 aromatic rings. The van der Waals surface area contributed by atoms with Crippen LogP contribution in [0.4, 0.5) is 0 Å². The van der Waals surface area contributed by atoms with E-state index in [9.17, 15) is 9.59 Å². The third kappa shape index (κ3) is 3.96. The first-order chi connectivity index (χ1) is 9.90. The van der Waals surface area contributed by atoms with Gasteiger partial charge in [0.2, 0.25) is 5.91 Å². The third-order valence-electron chi connectivity index (χ3n) is 3.30. The van der Waals surface area contributed by atoms with Gasteiger partial charge in [-0.05, 0) is 37.1 Å². The first-order valence-electron chi connectivity index (χ1n) is 6.39. The highest BCUT2D eigenvalue weighted by molar-refractivity contribution is 9.10. The zero-order chi connectivity index (χ0) is 15.6. The molecule has 1 fully saturated rings. The fourth-order valence-corrected chi connectivity index (χ4v) is 4.65. The number of hydrogen-bond donors (Lipinski definition) is 1. The number of carbonyl (C=O) groups is 2. The van der Waals surface area contributed by atoms with E-state index in [1.54, 1.807) is 0 Å². The van der Waals surface area contributed by atoms with Gasteiger partial charge in [0.1, 0.15) is 6.04 Å². The minimum Gasteiger partial charge on any atom is -0.480 e. The highest BCUT2D eigenvalue weighted by Gasteiger charge is 2.34. The minimum atomic E-state index is -0.922. The Labute approximate surface area is 140 Å². The summed E-state index contributed by atoms with van der Waals surface area (Å²) in [7, 11) is 0. The lowest BCUT2D eigenvalue weighted by molar-refractivity contribution is -0.146. The SMILES string of the molecule is Cc1cc(SCC(=O)N2CSCC2C(=O)O)c(C)cc1Br. The number of thioether (sulfide) groups is 2. The summed E-state index contributed by atoms with van der Waals surface area (Å²) >= 11 is 6.43. The van der Waals surface area contributed by atoms with E-state index in [2.05, 4.69) is 15.9 Å². The van der Waals surface area contributed by atoms with Gasteiger partial charge in [-0.3, -0.25) is 4.79 Å². The summed E-state index contributed by atoms with van der Waals surface area (Å²) in [6.45, 7) is 4.01. The molecule has 0 spiro atoms. The van der Waals surface area contributed by atoms with Crippen LogP contribution in [0.3, 0.4) is 0 Å². The van der Waals surface area contributed by atoms with Crippen LogP contribution in [0, 0.1) is 13.8 Å². The number of carboxylic acid groups (broad SMARTS) is 1. The molecule has 1 aliphatic heterocycles. The number of aliphatic carboxylic acids is 1. The van der Waals surface area contributed by atoms with Crippen molar-refractivity contribution in [2.45, 2.75) is 24.8 Å². The second-order valence-electron chi connectivity index (χ2n) is 4.87. The van der Waals surface area contributed by atoms with Gasteiger partial charge < -0.3 is 10.0 Å². The Kier molecular flexibility index (Phi) is 5.62. The number of carboxylic acids is 1. The number of amides is 1. The molecule has 1 aliphatic rings. The van der Waals surface area contributed by atoms with E-state index in [4.69, 9.17) is 5.11 Å². The maximum absolute atomic E-state index is 12.2. The predicted molar refractivity (Wildman–Crippen MR) is 89.9 cm³/mol. The van der Waals surface area contributed by atoms with Crippen LogP contribution in [0.15, 0.2) is 21.5 Å². The van der Waals surface area contributed by atoms with Crippen LogP contribution in [0.25, 0.3) is 0 Å². The average Bonchev–Trinajstić information content (AvgIpc) is 2.90. The number of rotatable bonds is 4. The first-order valence-corrected chi connectivity index (χ1v) is 9.33.